The van der Waals surface area contributed by atoms with Crippen LogP contribution in [0.3, 0.4) is 0 Å². The van der Waals surface area contributed by atoms with Crippen molar-refractivity contribution < 1.29 is 4.39 Å². The van der Waals surface area contributed by atoms with Crippen LogP contribution in [-0.4, -0.2) is 20.0 Å². The van der Waals surface area contributed by atoms with Gasteiger partial charge in [-0.2, -0.15) is 0 Å². The molecule has 0 aliphatic carbocycles. The largest absolute Gasteiger partial charge is 0.254 e. The molecule has 0 saturated heterocycles. The molecule has 4 nitrogen and oxygen atoms in total. The smallest absolute Gasteiger partial charge is 0.132 e. The number of pyridine rings is 1. The summed E-state index contributed by atoms with van der Waals surface area (Å²) in [5.74, 6) is -0.247. The lowest BCUT2D eigenvalue weighted by Gasteiger charge is -2.14. The number of rotatable bonds is 2. The number of halogens is 2. The van der Waals surface area contributed by atoms with Gasteiger partial charge in [-0.25, -0.2) is 9.07 Å². The number of fused-ring (bicyclic) bond motifs is 3. The van der Waals surface area contributed by atoms with Crippen LogP contribution < -0.4 is 0 Å². The standard InChI is InChI=1S/C17H12BrFN4/c1-10(11-2-5-13(19)6-3-11)23-17-14-8-12(18)4-7-15(14)20-9-16(17)21-22-23/h2-10H,1H3/t10-/m0/s1. The first-order chi connectivity index (χ1) is 11.1. The van der Waals surface area contributed by atoms with E-state index in [4.69, 9.17) is 0 Å². The second kappa shape index (κ2) is 5.38. The Morgan fingerprint density at radius 1 is 1.09 bits per heavy atom. The van der Waals surface area contributed by atoms with Gasteiger partial charge in [-0.3, -0.25) is 4.98 Å². The molecule has 0 N–H and O–H groups in total. The molecule has 4 rings (SSSR count). The van der Waals surface area contributed by atoms with Crippen LogP contribution in [-0.2, 0) is 0 Å². The fourth-order valence-electron chi connectivity index (χ4n) is 2.75. The van der Waals surface area contributed by atoms with Gasteiger partial charge in [0.25, 0.3) is 0 Å². The third-order valence-corrected chi connectivity index (χ3v) is 4.47. The van der Waals surface area contributed by atoms with E-state index in [1.165, 1.54) is 12.1 Å². The minimum absolute atomic E-state index is 0.0646. The summed E-state index contributed by atoms with van der Waals surface area (Å²) in [6.07, 6.45) is 1.73. The monoisotopic (exact) mass is 370 g/mol. The highest BCUT2D eigenvalue weighted by Gasteiger charge is 2.16. The van der Waals surface area contributed by atoms with Crippen LogP contribution in [0.2, 0.25) is 0 Å². The molecule has 0 fully saturated rings. The van der Waals surface area contributed by atoms with Gasteiger partial charge in [0.1, 0.15) is 16.9 Å². The molecule has 0 bridgehead atoms. The van der Waals surface area contributed by atoms with Crippen molar-refractivity contribution in [1.29, 1.82) is 0 Å². The highest BCUT2D eigenvalue weighted by molar-refractivity contribution is 9.10. The van der Waals surface area contributed by atoms with Crippen LogP contribution in [0.1, 0.15) is 18.5 Å². The molecule has 2 aromatic heterocycles. The molecule has 0 saturated carbocycles. The summed E-state index contributed by atoms with van der Waals surface area (Å²) < 4.78 is 16.0. The van der Waals surface area contributed by atoms with Crippen LogP contribution >= 0.6 is 15.9 Å². The third-order valence-electron chi connectivity index (χ3n) is 3.98. The van der Waals surface area contributed by atoms with Crippen molar-refractivity contribution in [3.8, 4) is 0 Å². The summed E-state index contributed by atoms with van der Waals surface area (Å²) in [4.78, 5) is 4.42. The van der Waals surface area contributed by atoms with E-state index in [0.29, 0.717) is 0 Å². The highest BCUT2D eigenvalue weighted by atomic mass is 79.9. The van der Waals surface area contributed by atoms with Gasteiger partial charge in [-0.1, -0.05) is 33.3 Å². The van der Waals surface area contributed by atoms with E-state index in [1.807, 2.05) is 29.8 Å². The van der Waals surface area contributed by atoms with Gasteiger partial charge in [-0.15, -0.1) is 5.10 Å². The fraction of sp³-hybridized carbons (Fsp3) is 0.118. The van der Waals surface area contributed by atoms with E-state index in [9.17, 15) is 4.39 Å². The number of benzene rings is 2. The number of aromatic nitrogens is 4. The van der Waals surface area contributed by atoms with Crippen molar-refractivity contribution in [2.75, 3.05) is 0 Å². The van der Waals surface area contributed by atoms with Crippen LogP contribution in [0.15, 0.2) is 53.1 Å². The maximum Gasteiger partial charge on any atom is 0.132 e. The van der Waals surface area contributed by atoms with Crippen molar-refractivity contribution in [3.63, 3.8) is 0 Å². The lowest BCUT2D eigenvalue weighted by Crippen LogP contribution is -2.09. The summed E-state index contributed by atoms with van der Waals surface area (Å²) in [6.45, 7) is 2.02. The Bertz CT molecular complexity index is 1010. The van der Waals surface area contributed by atoms with Crippen LogP contribution in [0, 0.1) is 5.82 Å². The summed E-state index contributed by atoms with van der Waals surface area (Å²) in [6, 6.07) is 12.3. The topological polar surface area (TPSA) is 43.6 Å². The van der Waals surface area contributed by atoms with Gasteiger partial charge in [0, 0.05) is 9.86 Å². The molecule has 6 heteroatoms. The molecule has 0 unspecified atom stereocenters. The molecule has 0 amide bonds. The highest BCUT2D eigenvalue weighted by Crippen LogP contribution is 2.28. The molecule has 0 radical (unpaired) electrons. The third kappa shape index (κ3) is 2.39. The first kappa shape index (κ1) is 14.3. The minimum Gasteiger partial charge on any atom is -0.254 e. The van der Waals surface area contributed by atoms with Gasteiger partial charge in [0.15, 0.2) is 0 Å². The van der Waals surface area contributed by atoms with Gasteiger partial charge in [0.05, 0.1) is 17.8 Å². The van der Waals surface area contributed by atoms with E-state index in [1.54, 1.807) is 18.3 Å². The minimum atomic E-state index is -0.247. The predicted molar refractivity (Wildman–Crippen MR) is 90.7 cm³/mol. The molecule has 0 aliphatic heterocycles. The normalized spacial score (nSPS) is 12.8. The first-order valence-corrected chi connectivity index (χ1v) is 7.97. The number of hydrogen-bond donors (Lipinski definition) is 0. The second-order valence-corrected chi connectivity index (χ2v) is 6.33. The van der Waals surface area contributed by atoms with Crippen molar-refractivity contribution in [1.82, 2.24) is 20.0 Å². The van der Waals surface area contributed by atoms with E-state index in [0.717, 1.165) is 32.0 Å². The summed E-state index contributed by atoms with van der Waals surface area (Å²) in [5.41, 5.74) is 3.52. The maximum atomic E-state index is 13.1. The maximum absolute atomic E-state index is 13.1. The second-order valence-electron chi connectivity index (χ2n) is 5.42. The molecule has 2 heterocycles. The predicted octanol–water partition coefficient (Wildman–Crippen LogP) is 4.49. The Labute approximate surface area is 140 Å². The lowest BCUT2D eigenvalue weighted by atomic mass is 10.1. The Kier molecular flexibility index (Phi) is 3.34. The molecule has 1 atom stereocenters. The van der Waals surface area contributed by atoms with E-state index in [2.05, 4.69) is 31.2 Å². The Morgan fingerprint density at radius 2 is 1.87 bits per heavy atom. The zero-order chi connectivity index (χ0) is 16.0. The first-order valence-electron chi connectivity index (χ1n) is 7.18. The molecule has 114 valence electrons. The van der Waals surface area contributed by atoms with E-state index in [-0.39, 0.29) is 11.9 Å². The molecule has 0 spiro atoms. The molecule has 4 aromatic rings. The zero-order valence-corrected chi connectivity index (χ0v) is 13.8. The lowest BCUT2D eigenvalue weighted by molar-refractivity contribution is 0.558. The van der Waals surface area contributed by atoms with Crippen molar-refractivity contribution >= 4 is 37.9 Å². The van der Waals surface area contributed by atoms with Gasteiger partial charge in [-0.05, 0) is 42.8 Å². The zero-order valence-electron chi connectivity index (χ0n) is 12.2. The van der Waals surface area contributed by atoms with E-state index < -0.39 is 0 Å². The molecule has 0 aliphatic rings. The summed E-state index contributed by atoms with van der Waals surface area (Å²) in [7, 11) is 0. The van der Waals surface area contributed by atoms with Crippen LogP contribution in [0.5, 0.6) is 0 Å². The quantitative estimate of drug-likeness (QED) is 0.522. The number of nitrogens with zero attached hydrogens (tertiary/aromatic N) is 4. The molecule has 2 aromatic carbocycles. The molecular weight excluding hydrogens is 359 g/mol. The van der Waals surface area contributed by atoms with Crippen LogP contribution in [0.25, 0.3) is 21.9 Å². The van der Waals surface area contributed by atoms with Gasteiger partial charge < -0.3 is 0 Å². The average molecular weight is 371 g/mol. The molecular formula is C17H12BrFN4. The number of hydrogen-bond acceptors (Lipinski definition) is 3. The van der Waals surface area contributed by atoms with Crippen molar-refractivity contribution in [2.45, 2.75) is 13.0 Å². The average Bonchev–Trinajstić information content (AvgIpc) is 2.99. The SMILES string of the molecule is C[C@@H](c1ccc(F)cc1)n1nnc2cnc3ccc(Br)cc3c21. The Hall–Kier alpha value is -2.34. The van der Waals surface area contributed by atoms with E-state index >= 15 is 0 Å². The fourth-order valence-corrected chi connectivity index (χ4v) is 3.11. The molecule has 23 heavy (non-hydrogen) atoms. The van der Waals surface area contributed by atoms with Gasteiger partial charge >= 0.3 is 0 Å². The Balaban J connectivity index is 1.96. The summed E-state index contributed by atoms with van der Waals surface area (Å²) >= 11 is 3.50. The summed E-state index contributed by atoms with van der Waals surface area (Å²) in [5, 5.41) is 9.50. The van der Waals surface area contributed by atoms with Crippen molar-refractivity contribution in [3.05, 3.63) is 64.5 Å². The van der Waals surface area contributed by atoms with Gasteiger partial charge in [0.2, 0.25) is 0 Å². The van der Waals surface area contributed by atoms with Crippen LogP contribution in [0.4, 0.5) is 4.39 Å². The Morgan fingerprint density at radius 3 is 2.65 bits per heavy atom. The van der Waals surface area contributed by atoms with Crippen molar-refractivity contribution in [2.24, 2.45) is 0 Å².